The number of aliphatic hydroxyl groups is 1. The SMILES string of the molecule is C[C@@H]1C=C[C@H](C)[C@H]2C(O)C3C(C(=O)[C@]12C(=O)O)[C@H]1C=C[C@@H]3C1. The van der Waals surface area contributed by atoms with Crippen LogP contribution < -0.4 is 0 Å². The van der Waals surface area contributed by atoms with Crippen LogP contribution in [0, 0.1) is 46.8 Å². The van der Waals surface area contributed by atoms with Crippen molar-refractivity contribution in [1.29, 1.82) is 0 Å². The van der Waals surface area contributed by atoms with E-state index < -0.39 is 23.4 Å². The van der Waals surface area contributed by atoms with Crippen molar-refractivity contribution < 1.29 is 19.8 Å². The third kappa shape index (κ3) is 1.38. The Hall–Kier alpha value is -1.42. The Labute approximate surface area is 129 Å². The smallest absolute Gasteiger partial charge is 0.318 e. The van der Waals surface area contributed by atoms with Gasteiger partial charge in [-0.15, -0.1) is 0 Å². The van der Waals surface area contributed by atoms with Crippen LogP contribution in [-0.4, -0.2) is 28.1 Å². The predicted molar refractivity (Wildman–Crippen MR) is 79.8 cm³/mol. The average molecular weight is 302 g/mol. The number of hydrogen-bond acceptors (Lipinski definition) is 3. The summed E-state index contributed by atoms with van der Waals surface area (Å²) in [5.74, 6) is -2.27. The lowest BCUT2D eigenvalue weighted by Gasteiger charge is -2.54. The molecule has 3 unspecified atom stereocenters. The Kier molecular flexibility index (Phi) is 2.78. The molecule has 0 saturated heterocycles. The van der Waals surface area contributed by atoms with Gasteiger partial charge in [0, 0.05) is 17.8 Å². The van der Waals surface area contributed by atoms with Gasteiger partial charge < -0.3 is 10.2 Å². The van der Waals surface area contributed by atoms with E-state index in [1.54, 1.807) is 6.92 Å². The molecule has 2 N–H and O–H groups in total. The Bertz CT molecular complexity index is 606. The van der Waals surface area contributed by atoms with E-state index in [1.807, 2.05) is 19.1 Å². The molecule has 4 aliphatic rings. The first kappa shape index (κ1) is 14.2. The summed E-state index contributed by atoms with van der Waals surface area (Å²) in [6, 6.07) is 0. The molecular weight excluding hydrogens is 280 g/mol. The molecule has 4 rings (SSSR count). The van der Waals surface area contributed by atoms with Gasteiger partial charge in [-0.2, -0.15) is 0 Å². The third-order valence-corrected chi connectivity index (χ3v) is 6.86. The first-order valence-electron chi connectivity index (χ1n) is 8.23. The number of carboxylic acid groups (broad SMARTS) is 1. The van der Waals surface area contributed by atoms with Crippen molar-refractivity contribution in [2.24, 2.45) is 46.8 Å². The Balaban J connectivity index is 1.91. The quantitative estimate of drug-likeness (QED) is 0.573. The minimum atomic E-state index is -1.47. The number of rotatable bonds is 1. The van der Waals surface area contributed by atoms with Gasteiger partial charge in [-0.1, -0.05) is 38.2 Å². The van der Waals surface area contributed by atoms with Gasteiger partial charge in [0.25, 0.3) is 0 Å². The van der Waals surface area contributed by atoms with E-state index in [9.17, 15) is 19.8 Å². The second kappa shape index (κ2) is 4.31. The van der Waals surface area contributed by atoms with Crippen LogP contribution in [0.3, 0.4) is 0 Å². The fourth-order valence-electron chi connectivity index (χ4n) is 5.95. The molecule has 2 saturated carbocycles. The molecule has 0 amide bonds. The molecule has 0 radical (unpaired) electrons. The fraction of sp³-hybridized carbons (Fsp3) is 0.667. The van der Waals surface area contributed by atoms with Crippen molar-refractivity contribution in [3.05, 3.63) is 24.3 Å². The molecule has 0 heterocycles. The number of carboxylic acids is 1. The number of carbonyl (C=O) groups excluding carboxylic acids is 1. The van der Waals surface area contributed by atoms with Crippen LogP contribution in [0.2, 0.25) is 0 Å². The third-order valence-electron chi connectivity index (χ3n) is 6.86. The second-order valence-electron chi connectivity index (χ2n) is 7.64. The van der Waals surface area contributed by atoms with Crippen LogP contribution in [0.5, 0.6) is 0 Å². The number of fused-ring (bicyclic) bond motifs is 6. The van der Waals surface area contributed by atoms with E-state index >= 15 is 0 Å². The number of Topliss-reactive ketones (excluding diaryl/α,β-unsaturated/α-hetero) is 1. The molecule has 0 aromatic carbocycles. The van der Waals surface area contributed by atoms with Crippen LogP contribution in [0.25, 0.3) is 0 Å². The molecule has 2 fully saturated rings. The molecule has 4 heteroatoms. The molecular formula is C18H22O4. The number of aliphatic hydroxyl groups excluding tert-OH is 1. The summed E-state index contributed by atoms with van der Waals surface area (Å²) >= 11 is 0. The van der Waals surface area contributed by atoms with E-state index in [0.717, 1.165) is 6.42 Å². The van der Waals surface area contributed by atoms with Crippen molar-refractivity contribution in [2.75, 3.05) is 0 Å². The van der Waals surface area contributed by atoms with Crippen LogP contribution in [0.4, 0.5) is 0 Å². The number of aliphatic carboxylic acids is 1. The molecule has 118 valence electrons. The maximum atomic E-state index is 13.3. The second-order valence-corrected chi connectivity index (χ2v) is 7.64. The lowest BCUT2D eigenvalue weighted by Crippen LogP contribution is -2.65. The zero-order chi connectivity index (χ0) is 15.8. The zero-order valence-corrected chi connectivity index (χ0v) is 12.8. The highest BCUT2D eigenvalue weighted by atomic mass is 16.4. The monoisotopic (exact) mass is 302 g/mol. The molecule has 0 aliphatic heterocycles. The topological polar surface area (TPSA) is 74.6 Å². The van der Waals surface area contributed by atoms with Gasteiger partial charge in [0.05, 0.1) is 6.10 Å². The first-order valence-corrected chi connectivity index (χ1v) is 8.23. The van der Waals surface area contributed by atoms with Crippen LogP contribution in [-0.2, 0) is 9.59 Å². The highest BCUT2D eigenvalue weighted by molar-refractivity contribution is 6.06. The lowest BCUT2D eigenvalue weighted by atomic mass is 9.47. The van der Waals surface area contributed by atoms with Crippen LogP contribution in [0.1, 0.15) is 20.3 Å². The van der Waals surface area contributed by atoms with E-state index in [4.69, 9.17) is 0 Å². The van der Waals surface area contributed by atoms with Crippen molar-refractivity contribution in [1.82, 2.24) is 0 Å². The van der Waals surface area contributed by atoms with Crippen molar-refractivity contribution in [2.45, 2.75) is 26.4 Å². The Morgan fingerprint density at radius 1 is 1.18 bits per heavy atom. The standard InChI is InChI=1S/C18H22O4/c1-8-3-4-9(2)18(17(21)22)14(8)15(19)12-10-5-6-11(7-10)13(12)16(18)20/h3-6,8-15,19H,7H2,1-2H3,(H,21,22)/t8-,9+,10+,11-,12?,13?,14-,15?,18-/m0/s1. The van der Waals surface area contributed by atoms with Crippen LogP contribution >= 0.6 is 0 Å². The highest BCUT2D eigenvalue weighted by Gasteiger charge is 2.70. The normalized spacial score (nSPS) is 55.1. The predicted octanol–water partition coefficient (Wildman–Crippen LogP) is 1.90. The largest absolute Gasteiger partial charge is 0.480 e. The van der Waals surface area contributed by atoms with Gasteiger partial charge in [0.2, 0.25) is 0 Å². The molecule has 9 atom stereocenters. The van der Waals surface area contributed by atoms with Gasteiger partial charge in [-0.3, -0.25) is 9.59 Å². The maximum Gasteiger partial charge on any atom is 0.318 e. The molecule has 0 aromatic heterocycles. The summed E-state index contributed by atoms with van der Waals surface area (Å²) in [5.41, 5.74) is -1.47. The van der Waals surface area contributed by atoms with Crippen LogP contribution in [0.15, 0.2) is 24.3 Å². The molecule has 4 nitrogen and oxygen atoms in total. The molecule has 4 aliphatic carbocycles. The maximum absolute atomic E-state index is 13.3. The number of hydrogen-bond donors (Lipinski definition) is 2. The summed E-state index contributed by atoms with van der Waals surface area (Å²) in [6.07, 6.45) is 8.15. The Morgan fingerprint density at radius 3 is 2.55 bits per heavy atom. The van der Waals surface area contributed by atoms with E-state index in [1.165, 1.54) is 0 Å². The molecule has 22 heavy (non-hydrogen) atoms. The molecule has 2 bridgehead atoms. The van der Waals surface area contributed by atoms with Crippen molar-refractivity contribution >= 4 is 11.8 Å². The summed E-state index contributed by atoms with van der Waals surface area (Å²) < 4.78 is 0. The average Bonchev–Trinajstić information content (AvgIpc) is 3.07. The minimum absolute atomic E-state index is 0.0962. The Morgan fingerprint density at radius 2 is 1.86 bits per heavy atom. The van der Waals surface area contributed by atoms with Gasteiger partial charge in [0.1, 0.15) is 5.41 Å². The van der Waals surface area contributed by atoms with Gasteiger partial charge in [0.15, 0.2) is 5.78 Å². The molecule has 0 aromatic rings. The minimum Gasteiger partial charge on any atom is -0.480 e. The summed E-state index contributed by atoms with van der Waals surface area (Å²) in [4.78, 5) is 25.6. The first-order chi connectivity index (χ1) is 10.4. The molecule has 0 spiro atoms. The van der Waals surface area contributed by atoms with Gasteiger partial charge in [-0.25, -0.2) is 0 Å². The number of allylic oxidation sites excluding steroid dienone is 4. The fourth-order valence-corrected chi connectivity index (χ4v) is 5.95. The summed E-state index contributed by atoms with van der Waals surface area (Å²) in [5, 5.41) is 21.0. The zero-order valence-electron chi connectivity index (χ0n) is 12.8. The number of ketones is 1. The van der Waals surface area contributed by atoms with E-state index in [0.29, 0.717) is 0 Å². The number of carbonyl (C=O) groups is 2. The van der Waals surface area contributed by atoms with E-state index in [-0.39, 0.29) is 41.3 Å². The van der Waals surface area contributed by atoms with E-state index in [2.05, 4.69) is 12.2 Å². The van der Waals surface area contributed by atoms with Crippen molar-refractivity contribution in [3.8, 4) is 0 Å². The summed E-state index contributed by atoms with van der Waals surface area (Å²) in [7, 11) is 0. The summed E-state index contributed by atoms with van der Waals surface area (Å²) in [6.45, 7) is 3.72. The van der Waals surface area contributed by atoms with Gasteiger partial charge >= 0.3 is 5.97 Å². The highest BCUT2D eigenvalue weighted by Crippen LogP contribution is 2.62. The van der Waals surface area contributed by atoms with Crippen molar-refractivity contribution in [3.63, 3.8) is 0 Å². The lowest BCUT2D eigenvalue weighted by molar-refractivity contribution is -0.186. The van der Waals surface area contributed by atoms with Gasteiger partial charge in [-0.05, 0) is 30.1 Å².